The van der Waals surface area contributed by atoms with E-state index in [9.17, 15) is 4.79 Å². The van der Waals surface area contributed by atoms with Crippen LogP contribution in [-0.4, -0.2) is 38.8 Å². The van der Waals surface area contributed by atoms with Gasteiger partial charge in [0.2, 0.25) is 5.91 Å². The lowest BCUT2D eigenvalue weighted by Gasteiger charge is -2.08. The van der Waals surface area contributed by atoms with Crippen LogP contribution >= 0.6 is 12.4 Å². The predicted molar refractivity (Wildman–Crippen MR) is 64.5 cm³/mol. The molecule has 4 nitrogen and oxygen atoms in total. The van der Waals surface area contributed by atoms with E-state index in [0.29, 0.717) is 19.6 Å². The van der Waals surface area contributed by atoms with Crippen molar-refractivity contribution < 1.29 is 9.53 Å². The molecule has 0 aromatic carbocycles. The normalized spacial score (nSPS) is 9.87. The van der Waals surface area contributed by atoms with Gasteiger partial charge in [-0.15, -0.1) is 12.4 Å². The van der Waals surface area contributed by atoms with Gasteiger partial charge in [0, 0.05) is 26.1 Å². The highest BCUT2D eigenvalue weighted by atomic mass is 35.5. The largest absolute Gasteiger partial charge is 0.379 e. The Morgan fingerprint density at radius 2 is 2.00 bits per heavy atom. The lowest BCUT2D eigenvalue weighted by Crippen LogP contribution is -2.28. The van der Waals surface area contributed by atoms with Crippen molar-refractivity contribution in [3.63, 3.8) is 0 Å². The van der Waals surface area contributed by atoms with Crippen molar-refractivity contribution >= 4 is 18.3 Å². The van der Waals surface area contributed by atoms with E-state index in [4.69, 9.17) is 4.74 Å². The summed E-state index contributed by atoms with van der Waals surface area (Å²) in [5.74, 6) is 0.101. The van der Waals surface area contributed by atoms with Gasteiger partial charge < -0.3 is 15.4 Å². The number of ether oxygens (including phenoxy) is 1. The monoisotopic (exact) mass is 238 g/mol. The Bertz CT molecular complexity index is 154. The molecule has 0 unspecified atom stereocenters. The summed E-state index contributed by atoms with van der Waals surface area (Å²) in [6, 6.07) is 0. The third-order valence-corrected chi connectivity index (χ3v) is 1.70. The Labute approximate surface area is 98.6 Å². The van der Waals surface area contributed by atoms with Crippen molar-refractivity contribution in [3.05, 3.63) is 0 Å². The number of halogens is 1. The van der Waals surface area contributed by atoms with Crippen LogP contribution in [0.15, 0.2) is 0 Å². The standard InChI is InChI=1S/C10H22N2O2.ClH/c1-9(2)14-8-4-6-12-10(13)5-7-11-3;/h9,11H,4-8H2,1-3H3,(H,12,13);1H. The van der Waals surface area contributed by atoms with Crippen molar-refractivity contribution in [2.24, 2.45) is 0 Å². The van der Waals surface area contributed by atoms with Gasteiger partial charge in [0.25, 0.3) is 0 Å². The smallest absolute Gasteiger partial charge is 0.221 e. The molecule has 0 saturated heterocycles. The van der Waals surface area contributed by atoms with Gasteiger partial charge in [-0.2, -0.15) is 0 Å². The van der Waals surface area contributed by atoms with Gasteiger partial charge in [-0.3, -0.25) is 4.79 Å². The third-order valence-electron chi connectivity index (χ3n) is 1.70. The molecule has 0 radical (unpaired) electrons. The lowest BCUT2D eigenvalue weighted by atomic mass is 10.3. The van der Waals surface area contributed by atoms with Crippen molar-refractivity contribution in [2.75, 3.05) is 26.7 Å². The summed E-state index contributed by atoms with van der Waals surface area (Å²) in [6.45, 7) is 6.16. The zero-order chi connectivity index (χ0) is 10.8. The first-order valence-corrected chi connectivity index (χ1v) is 5.19. The molecule has 5 heteroatoms. The molecule has 0 spiro atoms. The van der Waals surface area contributed by atoms with Crippen molar-refractivity contribution in [3.8, 4) is 0 Å². The van der Waals surface area contributed by atoms with E-state index in [0.717, 1.165) is 13.0 Å². The van der Waals surface area contributed by atoms with Gasteiger partial charge in [-0.1, -0.05) is 0 Å². The van der Waals surface area contributed by atoms with Gasteiger partial charge in [-0.05, 0) is 27.3 Å². The number of hydrogen-bond donors (Lipinski definition) is 2. The zero-order valence-electron chi connectivity index (χ0n) is 9.84. The molecular weight excluding hydrogens is 216 g/mol. The fourth-order valence-corrected chi connectivity index (χ4v) is 0.946. The molecular formula is C10H23ClN2O2. The third kappa shape index (κ3) is 13.7. The summed E-state index contributed by atoms with van der Waals surface area (Å²) in [5, 5.41) is 5.76. The van der Waals surface area contributed by atoms with Gasteiger partial charge in [0.15, 0.2) is 0 Å². The highest BCUT2D eigenvalue weighted by Crippen LogP contribution is 1.89. The molecule has 0 aromatic heterocycles. The second-order valence-electron chi connectivity index (χ2n) is 3.48. The molecule has 0 rings (SSSR count). The molecule has 2 N–H and O–H groups in total. The Morgan fingerprint density at radius 1 is 1.33 bits per heavy atom. The minimum Gasteiger partial charge on any atom is -0.379 e. The lowest BCUT2D eigenvalue weighted by molar-refractivity contribution is -0.121. The Kier molecular flexibility index (Phi) is 13.4. The molecule has 0 fully saturated rings. The molecule has 0 atom stereocenters. The van der Waals surface area contributed by atoms with Crippen LogP contribution in [0, 0.1) is 0 Å². The fraction of sp³-hybridized carbons (Fsp3) is 0.900. The second-order valence-corrected chi connectivity index (χ2v) is 3.48. The van der Waals surface area contributed by atoms with E-state index >= 15 is 0 Å². The number of amides is 1. The maximum absolute atomic E-state index is 11.1. The summed E-state index contributed by atoms with van der Waals surface area (Å²) in [6.07, 6.45) is 1.69. The second kappa shape index (κ2) is 11.8. The Morgan fingerprint density at radius 3 is 2.53 bits per heavy atom. The molecule has 15 heavy (non-hydrogen) atoms. The summed E-state index contributed by atoms with van der Waals surface area (Å²) < 4.78 is 5.34. The maximum atomic E-state index is 11.1. The molecule has 0 aliphatic rings. The van der Waals surface area contributed by atoms with E-state index in [1.165, 1.54) is 0 Å². The van der Waals surface area contributed by atoms with Gasteiger partial charge in [-0.25, -0.2) is 0 Å². The van der Waals surface area contributed by atoms with Crippen LogP contribution in [0.2, 0.25) is 0 Å². The number of carbonyl (C=O) groups is 1. The van der Waals surface area contributed by atoms with E-state index in [1.807, 2.05) is 20.9 Å². The van der Waals surface area contributed by atoms with Crippen LogP contribution < -0.4 is 10.6 Å². The van der Waals surface area contributed by atoms with E-state index in [2.05, 4.69) is 10.6 Å². The molecule has 0 aliphatic heterocycles. The fourth-order valence-electron chi connectivity index (χ4n) is 0.946. The highest BCUT2D eigenvalue weighted by molar-refractivity contribution is 5.85. The van der Waals surface area contributed by atoms with Crippen molar-refractivity contribution in [1.29, 1.82) is 0 Å². The summed E-state index contributed by atoms with van der Waals surface area (Å²) >= 11 is 0. The average Bonchev–Trinajstić information content (AvgIpc) is 2.13. The topological polar surface area (TPSA) is 50.4 Å². The Balaban J connectivity index is 0. The average molecular weight is 239 g/mol. The molecule has 1 amide bonds. The first-order chi connectivity index (χ1) is 6.66. The zero-order valence-corrected chi connectivity index (χ0v) is 10.7. The van der Waals surface area contributed by atoms with E-state index < -0.39 is 0 Å². The van der Waals surface area contributed by atoms with Gasteiger partial charge in [0.1, 0.15) is 0 Å². The number of nitrogens with one attached hydrogen (secondary N) is 2. The molecule has 0 aromatic rings. The summed E-state index contributed by atoms with van der Waals surface area (Å²) in [4.78, 5) is 11.1. The number of rotatable bonds is 8. The van der Waals surface area contributed by atoms with Crippen LogP contribution in [0.1, 0.15) is 26.7 Å². The number of carbonyl (C=O) groups excluding carboxylic acids is 1. The van der Waals surface area contributed by atoms with Crippen LogP contribution in [0.4, 0.5) is 0 Å². The summed E-state index contributed by atoms with van der Waals surface area (Å²) in [7, 11) is 1.84. The van der Waals surface area contributed by atoms with Crippen LogP contribution in [0.3, 0.4) is 0 Å². The maximum Gasteiger partial charge on any atom is 0.221 e. The van der Waals surface area contributed by atoms with Crippen LogP contribution in [0.5, 0.6) is 0 Å². The summed E-state index contributed by atoms with van der Waals surface area (Å²) in [5.41, 5.74) is 0. The van der Waals surface area contributed by atoms with Crippen LogP contribution in [-0.2, 0) is 9.53 Å². The minimum atomic E-state index is 0. The van der Waals surface area contributed by atoms with Crippen molar-refractivity contribution in [1.82, 2.24) is 10.6 Å². The first kappa shape index (κ1) is 17.1. The molecule has 92 valence electrons. The van der Waals surface area contributed by atoms with Gasteiger partial charge >= 0.3 is 0 Å². The Hall–Kier alpha value is -0.320. The van der Waals surface area contributed by atoms with E-state index in [-0.39, 0.29) is 24.4 Å². The molecule has 0 heterocycles. The molecule has 0 aliphatic carbocycles. The van der Waals surface area contributed by atoms with Gasteiger partial charge in [0.05, 0.1) is 6.10 Å². The SMILES string of the molecule is CNCCC(=O)NCCCOC(C)C.Cl. The quantitative estimate of drug-likeness (QED) is 0.619. The highest BCUT2D eigenvalue weighted by Gasteiger charge is 1.98. The minimum absolute atomic E-state index is 0. The number of hydrogen-bond acceptors (Lipinski definition) is 3. The van der Waals surface area contributed by atoms with Crippen LogP contribution in [0.25, 0.3) is 0 Å². The molecule has 0 saturated carbocycles. The van der Waals surface area contributed by atoms with E-state index in [1.54, 1.807) is 0 Å². The predicted octanol–water partition coefficient (Wildman–Crippen LogP) is 0.949. The molecule has 0 bridgehead atoms. The van der Waals surface area contributed by atoms with Crippen molar-refractivity contribution in [2.45, 2.75) is 32.8 Å². The first-order valence-electron chi connectivity index (χ1n) is 5.19.